The number of rotatable bonds is 8. The lowest BCUT2D eigenvalue weighted by molar-refractivity contribution is -0.140. The van der Waals surface area contributed by atoms with Crippen molar-refractivity contribution in [3.8, 4) is 16.5 Å². The van der Waals surface area contributed by atoms with E-state index in [1.807, 2.05) is 18.2 Å². The molecule has 7 nitrogen and oxygen atoms in total. The summed E-state index contributed by atoms with van der Waals surface area (Å²) in [6.07, 6.45) is 4.33. The van der Waals surface area contributed by atoms with Crippen molar-refractivity contribution in [2.75, 3.05) is 5.32 Å². The largest absolute Gasteiger partial charge is 0.465 e. The van der Waals surface area contributed by atoms with E-state index < -0.39 is 18.1 Å². The smallest absolute Gasteiger partial charge is 0.435 e. The Balaban J connectivity index is 1.41. The molecule has 11 heteroatoms. The molecule has 1 saturated carbocycles. The van der Waals surface area contributed by atoms with Crippen LogP contribution in [0.3, 0.4) is 0 Å². The standard InChI is InChI=1S/C24H24F3N5O2S/c1-3-10-23(11-12-23)15-7-4-5-9-17(15)33-21-16(8-6-13-28-21)30-22-31-19(24(25,26)27)18(35-22)20-29-14(2)34-32-20/h4-9,13,21,28H,3,10-12H2,1-2H3,(H,30,31). The van der Waals surface area contributed by atoms with Gasteiger partial charge in [-0.05, 0) is 49.1 Å². The van der Waals surface area contributed by atoms with E-state index in [2.05, 4.69) is 38.7 Å². The van der Waals surface area contributed by atoms with E-state index in [4.69, 9.17) is 9.26 Å². The fourth-order valence-electron chi connectivity index (χ4n) is 4.33. The van der Waals surface area contributed by atoms with Crippen LogP contribution < -0.4 is 15.4 Å². The number of para-hydroxylation sites is 1. The van der Waals surface area contributed by atoms with Gasteiger partial charge in [0, 0.05) is 12.5 Å². The average molecular weight is 504 g/mol. The number of hydrogen-bond acceptors (Lipinski definition) is 8. The molecule has 1 aromatic carbocycles. The minimum Gasteiger partial charge on any atom is -0.465 e. The van der Waals surface area contributed by atoms with Crippen molar-refractivity contribution < 1.29 is 22.4 Å². The molecule has 2 aromatic heterocycles. The molecule has 2 N–H and O–H groups in total. The minimum atomic E-state index is -4.67. The zero-order chi connectivity index (χ0) is 24.6. The number of nitrogens with zero attached hydrogens (tertiary/aromatic N) is 3. The third-order valence-electron chi connectivity index (χ3n) is 6.07. The van der Waals surface area contributed by atoms with Crippen LogP contribution in [0.4, 0.5) is 18.3 Å². The molecule has 5 rings (SSSR count). The molecular formula is C24H24F3N5O2S. The lowest BCUT2D eigenvalue weighted by Crippen LogP contribution is -2.37. The van der Waals surface area contributed by atoms with Crippen molar-refractivity contribution in [2.24, 2.45) is 0 Å². The summed E-state index contributed by atoms with van der Waals surface area (Å²) in [5, 5.41) is 9.82. The first kappa shape index (κ1) is 23.4. The SMILES string of the molecule is CCCC1(c2ccccc2OC2NC=CC=C2Nc2nc(C(F)(F)F)c(-c3noc(C)n3)s2)CC1. The highest BCUT2D eigenvalue weighted by molar-refractivity contribution is 7.19. The molecule has 1 unspecified atom stereocenters. The summed E-state index contributed by atoms with van der Waals surface area (Å²) < 4.78 is 52.3. The van der Waals surface area contributed by atoms with Gasteiger partial charge in [0.1, 0.15) is 10.6 Å². The number of halogens is 3. The van der Waals surface area contributed by atoms with Crippen LogP contribution in [0.25, 0.3) is 10.7 Å². The number of anilines is 1. The second-order valence-corrected chi connectivity index (χ2v) is 9.63. The van der Waals surface area contributed by atoms with Crippen molar-refractivity contribution in [2.45, 2.75) is 57.3 Å². The third-order valence-corrected chi connectivity index (χ3v) is 7.03. The quantitative estimate of drug-likeness (QED) is 0.380. The molecular weight excluding hydrogens is 479 g/mol. The van der Waals surface area contributed by atoms with Crippen LogP contribution in [0, 0.1) is 6.92 Å². The van der Waals surface area contributed by atoms with Crippen molar-refractivity contribution in [3.63, 3.8) is 0 Å². The van der Waals surface area contributed by atoms with Gasteiger partial charge < -0.3 is 19.9 Å². The monoisotopic (exact) mass is 503 g/mol. The van der Waals surface area contributed by atoms with E-state index in [0.717, 1.165) is 42.8 Å². The zero-order valence-electron chi connectivity index (χ0n) is 19.1. The normalized spacial score (nSPS) is 18.7. The molecule has 0 saturated heterocycles. The molecule has 0 radical (unpaired) electrons. The molecule has 1 aliphatic carbocycles. The highest BCUT2D eigenvalue weighted by atomic mass is 32.1. The molecule has 1 fully saturated rings. The summed E-state index contributed by atoms with van der Waals surface area (Å²) in [6.45, 7) is 3.69. The van der Waals surface area contributed by atoms with Gasteiger partial charge in [-0.1, -0.05) is 48.0 Å². The summed E-state index contributed by atoms with van der Waals surface area (Å²) in [5.41, 5.74) is 0.771. The fraction of sp³-hybridized carbons (Fsp3) is 0.375. The van der Waals surface area contributed by atoms with Gasteiger partial charge in [-0.3, -0.25) is 0 Å². The number of aryl methyl sites for hydroxylation is 1. The van der Waals surface area contributed by atoms with Gasteiger partial charge in [0.2, 0.25) is 17.9 Å². The maximum Gasteiger partial charge on any atom is 0.435 e. The molecule has 184 valence electrons. The van der Waals surface area contributed by atoms with E-state index in [0.29, 0.717) is 5.70 Å². The molecule has 1 atom stereocenters. The first-order valence-corrected chi connectivity index (χ1v) is 12.2. The zero-order valence-corrected chi connectivity index (χ0v) is 20.0. The Kier molecular flexibility index (Phi) is 6.04. The van der Waals surface area contributed by atoms with Crippen LogP contribution >= 0.6 is 11.3 Å². The van der Waals surface area contributed by atoms with Crippen LogP contribution in [0.2, 0.25) is 0 Å². The third kappa shape index (κ3) is 4.77. The Labute approximate surface area is 204 Å². The predicted octanol–water partition coefficient (Wildman–Crippen LogP) is 6.17. The average Bonchev–Trinajstić information content (AvgIpc) is 3.26. The molecule has 0 spiro atoms. The van der Waals surface area contributed by atoms with Crippen LogP contribution in [0.1, 0.15) is 49.8 Å². The van der Waals surface area contributed by atoms with E-state index >= 15 is 0 Å². The maximum absolute atomic E-state index is 13.7. The summed E-state index contributed by atoms with van der Waals surface area (Å²) in [5.74, 6) is 0.782. The molecule has 3 heterocycles. The number of thiazole rings is 1. The minimum absolute atomic E-state index is 0.0460. The lowest BCUT2D eigenvalue weighted by atomic mass is 9.90. The highest BCUT2D eigenvalue weighted by Crippen LogP contribution is 2.54. The van der Waals surface area contributed by atoms with Gasteiger partial charge in [-0.2, -0.15) is 18.2 Å². The molecule has 0 bridgehead atoms. The van der Waals surface area contributed by atoms with E-state index in [9.17, 15) is 13.2 Å². The summed E-state index contributed by atoms with van der Waals surface area (Å²) in [7, 11) is 0. The number of ether oxygens (including phenoxy) is 1. The Morgan fingerprint density at radius 3 is 2.74 bits per heavy atom. The van der Waals surface area contributed by atoms with Crippen molar-refractivity contribution in [3.05, 3.63) is 65.5 Å². The number of benzene rings is 1. The van der Waals surface area contributed by atoms with Gasteiger partial charge in [-0.15, -0.1) is 0 Å². The number of nitrogens with one attached hydrogen (secondary N) is 2. The second kappa shape index (κ2) is 9.03. The fourth-order valence-corrected chi connectivity index (χ4v) is 5.26. The first-order chi connectivity index (χ1) is 16.8. The number of alkyl halides is 3. The van der Waals surface area contributed by atoms with Crippen molar-refractivity contribution in [1.29, 1.82) is 0 Å². The molecule has 3 aromatic rings. The van der Waals surface area contributed by atoms with Crippen LogP contribution in [-0.4, -0.2) is 21.4 Å². The lowest BCUT2D eigenvalue weighted by Gasteiger charge is -2.27. The van der Waals surface area contributed by atoms with E-state index in [1.54, 1.807) is 18.4 Å². The first-order valence-electron chi connectivity index (χ1n) is 11.3. The number of allylic oxidation sites excluding steroid dienone is 2. The number of hydrogen-bond donors (Lipinski definition) is 2. The van der Waals surface area contributed by atoms with Crippen LogP contribution in [0.15, 0.2) is 52.8 Å². The highest BCUT2D eigenvalue weighted by Gasteiger charge is 2.45. The van der Waals surface area contributed by atoms with Gasteiger partial charge in [0.25, 0.3) is 0 Å². The van der Waals surface area contributed by atoms with Crippen LogP contribution in [-0.2, 0) is 11.6 Å². The summed E-state index contributed by atoms with van der Waals surface area (Å²) in [6, 6.07) is 7.97. The molecule has 1 aliphatic heterocycles. The second-order valence-electron chi connectivity index (χ2n) is 8.63. The van der Waals surface area contributed by atoms with E-state index in [-0.39, 0.29) is 27.1 Å². The van der Waals surface area contributed by atoms with Crippen molar-refractivity contribution in [1.82, 2.24) is 20.4 Å². The van der Waals surface area contributed by atoms with E-state index in [1.165, 1.54) is 12.5 Å². The van der Waals surface area contributed by atoms with Gasteiger partial charge in [-0.25, -0.2) is 4.98 Å². The Bertz CT molecular complexity index is 1280. The van der Waals surface area contributed by atoms with Crippen LogP contribution in [0.5, 0.6) is 5.75 Å². The summed E-state index contributed by atoms with van der Waals surface area (Å²) >= 11 is 0.803. The maximum atomic E-state index is 13.7. The van der Waals surface area contributed by atoms with Crippen molar-refractivity contribution >= 4 is 16.5 Å². The number of aromatic nitrogens is 3. The van der Waals surface area contributed by atoms with Gasteiger partial charge in [0.15, 0.2) is 10.8 Å². The molecule has 2 aliphatic rings. The van der Waals surface area contributed by atoms with Gasteiger partial charge in [0.05, 0.1) is 5.70 Å². The predicted molar refractivity (Wildman–Crippen MR) is 126 cm³/mol. The summed E-state index contributed by atoms with van der Waals surface area (Å²) in [4.78, 5) is 7.53. The molecule has 35 heavy (non-hydrogen) atoms. The Hall–Kier alpha value is -3.34. The van der Waals surface area contributed by atoms with Gasteiger partial charge >= 0.3 is 6.18 Å². The number of dihydropyridines is 1. The Morgan fingerprint density at radius 2 is 2.06 bits per heavy atom. The topological polar surface area (TPSA) is 85.1 Å². The molecule has 0 amide bonds. The Morgan fingerprint density at radius 1 is 1.26 bits per heavy atom.